The van der Waals surface area contributed by atoms with Gasteiger partial charge in [-0.3, -0.25) is 4.90 Å². The van der Waals surface area contributed by atoms with E-state index in [0.717, 1.165) is 48.3 Å². The summed E-state index contributed by atoms with van der Waals surface area (Å²) in [5.74, 6) is 0.476. The Morgan fingerprint density at radius 1 is 0.923 bits per heavy atom. The van der Waals surface area contributed by atoms with Gasteiger partial charge in [0.1, 0.15) is 17.7 Å². The zero-order chi connectivity index (χ0) is 27.0. The lowest BCUT2D eigenvalue weighted by Crippen LogP contribution is -2.48. The number of urea groups is 1. The smallest absolute Gasteiger partial charge is 0.322 e. The number of anilines is 2. The van der Waals surface area contributed by atoms with Crippen molar-refractivity contribution in [2.45, 2.75) is 44.3 Å². The summed E-state index contributed by atoms with van der Waals surface area (Å²) < 4.78 is 14.3. The summed E-state index contributed by atoms with van der Waals surface area (Å²) in [6.45, 7) is 0.435. The second-order valence-corrected chi connectivity index (χ2v) is 9.73. The van der Waals surface area contributed by atoms with Crippen LogP contribution >= 0.6 is 0 Å². The molecule has 196 valence electrons. The summed E-state index contributed by atoms with van der Waals surface area (Å²) in [4.78, 5) is 19.7. The average Bonchev–Trinajstić information content (AvgIpc) is 2.99. The van der Waals surface area contributed by atoms with Gasteiger partial charge < -0.3 is 10.6 Å². The van der Waals surface area contributed by atoms with Crippen LogP contribution in [0.3, 0.4) is 0 Å². The predicted molar refractivity (Wildman–Crippen MR) is 152 cm³/mol. The number of hydrogen-bond donors (Lipinski definition) is 2. The van der Waals surface area contributed by atoms with E-state index in [4.69, 9.17) is 5.26 Å². The molecule has 0 saturated heterocycles. The van der Waals surface area contributed by atoms with E-state index >= 15 is 0 Å². The van der Waals surface area contributed by atoms with E-state index in [-0.39, 0.29) is 23.9 Å². The van der Waals surface area contributed by atoms with E-state index in [0.29, 0.717) is 17.7 Å². The summed E-state index contributed by atoms with van der Waals surface area (Å²) in [6.07, 6.45) is 4.96. The molecule has 0 radical (unpaired) electrons. The molecule has 1 aromatic heterocycles. The van der Waals surface area contributed by atoms with Gasteiger partial charge in [0.05, 0.1) is 5.56 Å². The van der Waals surface area contributed by atoms with Gasteiger partial charge in [0.15, 0.2) is 0 Å². The molecule has 0 aliphatic heterocycles. The molecule has 6 nitrogen and oxygen atoms in total. The van der Waals surface area contributed by atoms with E-state index in [1.54, 1.807) is 24.4 Å². The number of pyridine rings is 1. The third-order valence-electron chi connectivity index (χ3n) is 7.14. The lowest BCUT2D eigenvalue weighted by atomic mass is 9.89. The van der Waals surface area contributed by atoms with E-state index < -0.39 is 0 Å². The van der Waals surface area contributed by atoms with Crippen molar-refractivity contribution < 1.29 is 9.18 Å². The van der Waals surface area contributed by atoms with Crippen molar-refractivity contribution in [3.63, 3.8) is 0 Å². The highest BCUT2D eigenvalue weighted by molar-refractivity contribution is 5.93. The highest BCUT2D eigenvalue weighted by atomic mass is 19.1. The van der Waals surface area contributed by atoms with E-state index in [1.807, 2.05) is 71.6 Å². The number of nitrogens with zero attached hydrogens (tertiary/aromatic N) is 3. The minimum atomic E-state index is -0.273. The van der Waals surface area contributed by atoms with Gasteiger partial charge in [-0.15, -0.1) is 0 Å². The van der Waals surface area contributed by atoms with Crippen LogP contribution in [0.5, 0.6) is 0 Å². The monoisotopic (exact) mass is 519 g/mol. The lowest BCUT2D eigenvalue weighted by Gasteiger charge is -2.37. The van der Waals surface area contributed by atoms with Crippen LogP contribution in [-0.4, -0.2) is 23.1 Å². The molecule has 1 aliphatic rings. The molecule has 4 aromatic rings. The van der Waals surface area contributed by atoms with Crippen molar-refractivity contribution in [1.82, 2.24) is 10.3 Å². The number of benzene rings is 3. The van der Waals surface area contributed by atoms with Gasteiger partial charge in [0, 0.05) is 36.1 Å². The maximum Gasteiger partial charge on any atom is 0.322 e. The summed E-state index contributed by atoms with van der Waals surface area (Å²) in [6, 6.07) is 29.8. The molecule has 0 spiro atoms. The van der Waals surface area contributed by atoms with Crippen molar-refractivity contribution >= 4 is 17.5 Å². The number of carbonyl (C=O) groups excluding carboxylic acids is 1. The molecule has 1 fully saturated rings. The first kappa shape index (κ1) is 25.9. The van der Waals surface area contributed by atoms with Gasteiger partial charge in [-0.1, -0.05) is 60.7 Å². The third kappa shape index (κ3) is 6.42. The number of carbonyl (C=O) groups is 1. The molecular formula is C32H30FN5O. The zero-order valence-corrected chi connectivity index (χ0v) is 21.6. The fourth-order valence-corrected chi connectivity index (χ4v) is 5.08. The van der Waals surface area contributed by atoms with Gasteiger partial charge in [0.25, 0.3) is 0 Å². The van der Waals surface area contributed by atoms with Crippen molar-refractivity contribution in [2.75, 3.05) is 10.2 Å². The second kappa shape index (κ2) is 12.2. The molecular weight excluding hydrogens is 489 g/mol. The van der Waals surface area contributed by atoms with Crippen molar-refractivity contribution in [3.05, 3.63) is 114 Å². The van der Waals surface area contributed by atoms with E-state index in [1.165, 1.54) is 6.07 Å². The van der Waals surface area contributed by atoms with Crippen LogP contribution in [0.4, 0.5) is 20.7 Å². The average molecular weight is 520 g/mol. The van der Waals surface area contributed by atoms with Crippen LogP contribution in [0.1, 0.15) is 36.8 Å². The van der Waals surface area contributed by atoms with Crippen LogP contribution in [0, 0.1) is 17.1 Å². The quantitative estimate of drug-likeness (QED) is 0.278. The van der Waals surface area contributed by atoms with Gasteiger partial charge in [-0.25, -0.2) is 14.2 Å². The van der Waals surface area contributed by atoms with Crippen molar-refractivity contribution in [1.29, 1.82) is 5.26 Å². The molecule has 0 bridgehead atoms. The fraction of sp³-hybridized carbons (Fsp3) is 0.219. The lowest BCUT2D eigenvalue weighted by molar-refractivity contribution is 0.240. The first-order chi connectivity index (χ1) is 19.1. The van der Waals surface area contributed by atoms with Crippen LogP contribution in [-0.2, 0) is 6.54 Å². The SMILES string of the molecule is N#Cc1ccc(N[C@H]2CC[C@H](N(C(=O)NCc3ccccc3)c3ccc(-c4ccccc4F)cc3)CC2)nc1. The molecule has 0 atom stereocenters. The van der Waals surface area contributed by atoms with Gasteiger partial charge in [0.2, 0.25) is 0 Å². The van der Waals surface area contributed by atoms with Crippen molar-refractivity contribution in [3.8, 4) is 17.2 Å². The predicted octanol–water partition coefficient (Wildman–Crippen LogP) is 6.90. The van der Waals surface area contributed by atoms with Crippen LogP contribution in [0.2, 0.25) is 0 Å². The zero-order valence-electron chi connectivity index (χ0n) is 21.6. The number of nitrogens with one attached hydrogen (secondary N) is 2. The molecule has 2 amide bonds. The van der Waals surface area contributed by atoms with E-state index in [2.05, 4.69) is 21.7 Å². The van der Waals surface area contributed by atoms with Crippen LogP contribution < -0.4 is 15.5 Å². The number of nitriles is 1. The highest BCUT2D eigenvalue weighted by Gasteiger charge is 2.30. The number of aromatic nitrogens is 1. The Hall–Kier alpha value is -4.70. The summed E-state index contributed by atoms with van der Waals surface area (Å²) in [5, 5.41) is 15.5. The maximum absolute atomic E-state index is 14.3. The highest BCUT2D eigenvalue weighted by Crippen LogP contribution is 2.31. The first-order valence-electron chi connectivity index (χ1n) is 13.2. The first-order valence-corrected chi connectivity index (χ1v) is 13.2. The number of amides is 2. The summed E-state index contributed by atoms with van der Waals surface area (Å²) >= 11 is 0. The number of rotatable bonds is 7. The summed E-state index contributed by atoms with van der Waals surface area (Å²) in [5.41, 5.74) is 3.65. The fourth-order valence-electron chi connectivity index (χ4n) is 5.08. The molecule has 1 saturated carbocycles. The topological polar surface area (TPSA) is 81.0 Å². The Morgan fingerprint density at radius 2 is 1.64 bits per heavy atom. The minimum Gasteiger partial charge on any atom is -0.367 e. The number of hydrogen-bond acceptors (Lipinski definition) is 4. The molecule has 3 aromatic carbocycles. The Labute approximate surface area is 228 Å². The third-order valence-corrected chi connectivity index (χ3v) is 7.14. The van der Waals surface area contributed by atoms with Crippen molar-refractivity contribution in [2.24, 2.45) is 0 Å². The molecule has 0 unspecified atom stereocenters. The second-order valence-electron chi connectivity index (χ2n) is 9.73. The maximum atomic E-state index is 14.3. The molecule has 39 heavy (non-hydrogen) atoms. The molecule has 1 heterocycles. The Balaban J connectivity index is 1.31. The van der Waals surface area contributed by atoms with Crippen LogP contribution in [0.15, 0.2) is 97.2 Å². The summed E-state index contributed by atoms with van der Waals surface area (Å²) in [7, 11) is 0. The van der Waals surface area contributed by atoms with Gasteiger partial charge in [-0.05, 0) is 67.1 Å². The minimum absolute atomic E-state index is 0.0204. The van der Waals surface area contributed by atoms with Crippen LogP contribution in [0.25, 0.3) is 11.1 Å². The van der Waals surface area contributed by atoms with Gasteiger partial charge >= 0.3 is 6.03 Å². The van der Waals surface area contributed by atoms with Gasteiger partial charge in [-0.2, -0.15) is 5.26 Å². The van der Waals surface area contributed by atoms with E-state index in [9.17, 15) is 9.18 Å². The standard InChI is InChI=1S/C32H30FN5O/c33-30-9-5-4-8-29(30)25-11-15-27(16-12-25)38(32(39)36-21-23-6-2-1-3-7-23)28-17-13-26(14-18-28)37-31-19-10-24(20-34)22-35-31/h1-12,15-16,19,22,26,28H,13-14,17-18,21H2,(H,35,37)(H,36,39)/t26-,28-. The molecule has 1 aliphatic carbocycles. The Bertz CT molecular complexity index is 1430. The molecule has 7 heteroatoms. The largest absolute Gasteiger partial charge is 0.367 e. The molecule has 2 N–H and O–H groups in total. The number of halogens is 1. The molecule has 5 rings (SSSR count). The Kier molecular flexibility index (Phi) is 8.13. The normalized spacial score (nSPS) is 16.6. The Morgan fingerprint density at radius 3 is 2.31 bits per heavy atom.